The molecule has 14 heavy (non-hydrogen) atoms. The van der Waals surface area contributed by atoms with Crippen molar-refractivity contribution in [2.75, 3.05) is 18.5 Å². The molecule has 2 nitrogen and oxygen atoms in total. The van der Waals surface area contributed by atoms with E-state index in [-0.39, 0.29) is 0 Å². The standard InChI is InChI=1S/C12H15NO/c1-2-11-10(6-7-13-11)12(3-1)14-8-9-4-5-9/h1-3,9,13H,4-8H2. The van der Waals surface area contributed by atoms with Crippen molar-refractivity contribution in [2.45, 2.75) is 19.3 Å². The third-order valence-electron chi connectivity index (χ3n) is 2.99. The lowest BCUT2D eigenvalue weighted by atomic mass is 10.1. The molecule has 3 rings (SSSR count). The largest absolute Gasteiger partial charge is 0.493 e. The number of ether oxygens (including phenoxy) is 1. The van der Waals surface area contributed by atoms with Crippen molar-refractivity contribution in [1.29, 1.82) is 0 Å². The highest BCUT2D eigenvalue weighted by Crippen LogP contribution is 2.34. The van der Waals surface area contributed by atoms with Crippen LogP contribution in [-0.2, 0) is 6.42 Å². The lowest BCUT2D eigenvalue weighted by molar-refractivity contribution is 0.297. The maximum atomic E-state index is 5.83. The molecule has 0 unspecified atom stereocenters. The molecular formula is C12H15NO. The fraction of sp³-hybridized carbons (Fsp3) is 0.500. The first kappa shape index (κ1) is 8.16. The molecule has 0 spiro atoms. The molecule has 1 aliphatic carbocycles. The van der Waals surface area contributed by atoms with E-state index >= 15 is 0 Å². The smallest absolute Gasteiger partial charge is 0.124 e. The van der Waals surface area contributed by atoms with Gasteiger partial charge in [0.1, 0.15) is 5.75 Å². The quantitative estimate of drug-likeness (QED) is 0.788. The maximum Gasteiger partial charge on any atom is 0.124 e. The second kappa shape index (κ2) is 3.19. The molecule has 1 saturated carbocycles. The van der Waals surface area contributed by atoms with E-state index in [0.29, 0.717) is 0 Å². The molecule has 0 bridgehead atoms. The highest BCUT2D eigenvalue weighted by Gasteiger charge is 2.23. The first-order valence-electron chi connectivity index (χ1n) is 5.42. The number of fused-ring (bicyclic) bond motifs is 1. The topological polar surface area (TPSA) is 21.3 Å². The molecule has 2 aliphatic rings. The summed E-state index contributed by atoms with van der Waals surface area (Å²) in [6, 6.07) is 6.29. The summed E-state index contributed by atoms with van der Waals surface area (Å²) in [5, 5.41) is 3.36. The van der Waals surface area contributed by atoms with Gasteiger partial charge in [0.2, 0.25) is 0 Å². The van der Waals surface area contributed by atoms with Gasteiger partial charge in [0.15, 0.2) is 0 Å². The van der Waals surface area contributed by atoms with E-state index in [1.54, 1.807) is 0 Å². The average Bonchev–Trinajstić information content (AvgIpc) is 2.91. The summed E-state index contributed by atoms with van der Waals surface area (Å²) in [6.45, 7) is 1.97. The molecule has 0 amide bonds. The molecule has 0 radical (unpaired) electrons. The zero-order chi connectivity index (χ0) is 9.38. The predicted molar refractivity (Wildman–Crippen MR) is 56.9 cm³/mol. The van der Waals surface area contributed by atoms with Crippen LogP contribution in [0.3, 0.4) is 0 Å². The normalized spacial score (nSPS) is 18.9. The van der Waals surface area contributed by atoms with E-state index in [1.165, 1.54) is 24.1 Å². The second-order valence-electron chi connectivity index (χ2n) is 4.21. The van der Waals surface area contributed by atoms with Gasteiger partial charge in [-0.05, 0) is 37.3 Å². The van der Waals surface area contributed by atoms with E-state index < -0.39 is 0 Å². The van der Waals surface area contributed by atoms with Crippen molar-refractivity contribution in [1.82, 2.24) is 0 Å². The predicted octanol–water partition coefficient (Wildman–Crippen LogP) is 2.44. The van der Waals surface area contributed by atoms with E-state index in [9.17, 15) is 0 Å². The zero-order valence-corrected chi connectivity index (χ0v) is 8.25. The van der Waals surface area contributed by atoms with Crippen LogP contribution in [-0.4, -0.2) is 13.2 Å². The molecule has 1 aromatic carbocycles. The van der Waals surface area contributed by atoms with Crippen LogP contribution in [0.1, 0.15) is 18.4 Å². The van der Waals surface area contributed by atoms with Gasteiger partial charge in [-0.25, -0.2) is 0 Å². The summed E-state index contributed by atoms with van der Waals surface area (Å²) in [5.41, 5.74) is 2.63. The lowest BCUT2D eigenvalue weighted by Crippen LogP contribution is -2.00. The van der Waals surface area contributed by atoms with Crippen LogP contribution in [0.2, 0.25) is 0 Å². The minimum Gasteiger partial charge on any atom is -0.493 e. The fourth-order valence-electron chi connectivity index (χ4n) is 1.94. The third kappa shape index (κ3) is 1.45. The molecule has 0 aromatic heterocycles. The molecule has 1 N–H and O–H groups in total. The molecule has 0 atom stereocenters. The van der Waals surface area contributed by atoms with Crippen LogP contribution < -0.4 is 10.1 Å². The fourth-order valence-corrected chi connectivity index (χ4v) is 1.94. The average molecular weight is 189 g/mol. The van der Waals surface area contributed by atoms with E-state index in [1.807, 2.05) is 0 Å². The number of nitrogens with one attached hydrogen (secondary N) is 1. The Balaban J connectivity index is 1.78. The van der Waals surface area contributed by atoms with Crippen LogP contribution >= 0.6 is 0 Å². The molecule has 1 heterocycles. The number of hydrogen-bond acceptors (Lipinski definition) is 2. The van der Waals surface area contributed by atoms with Crippen LogP contribution in [0.25, 0.3) is 0 Å². The van der Waals surface area contributed by atoms with Gasteiger partial charge in [-0.2, -0.15) is 0 Å². The third-order valence-corrected chi connectivity index (χ3v) is 2.99. The molecule has 0 saturated heterocycles. The van der Waals surface area contributed by atoms with Crippen LogP contribution in [0.4, 0.5) is 5.69 Å². The maximum absolute atomic E-state index is 5.83. The van der Waals surface area contributed by atoms with Crippen LogP contribution in [0.15, 0.2) is 18.2 Å². The summed E-state index contributed by atoms with van der Waals surface area (Å²) in [5.74, 6) is 1.93. The Labute approximate surface area is 84.3 Å². The van der Waals surface area contributed by atoms with E-state index in [2.05, 4.69) is 23.5 Å². The van der Waals surface area contributed by atoms with Crippen molar-refractivity contribution in [3.63, 3.8) is 0 Å². The number of anilines is 1. The number of hydrogen-bond donors (Lipinski definition) is 1. The Kier molecular flexibility index (Phi) is 1.86. The number of benzene rings is 1. The van der Waals surface area contributed by atoms with E-state index in [4.69, 9.17) is 4.74 Å². The molecule has 2 heteroatoms. The van der Waals surface area contributed by atoms with Crippen molar-refractivity contribution in [3.8, 4) is 5.75 Å². The Morgan fingerprint density at radius 2 is 2.29 bits per heavy atom. The Hall–Kier alpha value is -1.18. The van der Waals surface area contributed by atoms with E-state index in [0.717, 1.165) is 31.2 Å². The molecule has 1 aromatic rings. The van der Waals surface area contributed by atoms with Gasteiger partial charge in [-0.1, -0.05) is 6.07 Å². The first-order valence-corrected chi connectivity index (χ1v) is 5.42. The Bertz CT molecular complexity index is 344. The SMILES string of the molecule is c1cc2c(c(OCC3CC3)c1)CCN2. The van der Waals surface area contributed by atoms with Gasteiger partial charge in [0.25, 0.3) is 0 Å². The van der Waals surface area contributed by atoms with Crippen molar-refractivity contribution in [3.05, 3.63) is 23.8 Å². The van der Waals surface area contributed by atoms with Crippen LogP contribution in [0.5, 0.6) is 5.75 Å². The summed E-state index contributed by atoms with van der Waals surface area (Å²) in [4.78, 5) is 0. The minimum atomic E-state index is 0.834. The summed E-state index contributed by atoms with van der Waals surface area (Å²) >= 11 is 0. The molecule has 74 valence electrons. The molecular weight excluding hydrogens is 174 g/mol. The lowest BCUT2D eigenvalue weighted by Gasteiger charge is -2.09. The van der Waals surface area contributed by atoms with Gasteiger partial charge < -0.3 is 10.1 Å². The van der Waals surface area contributed by atoms with Gasteiger partial charge >= 0.3 is 0 Å². The zero-order valence-electron chi connectivity index (χ0n) is 8.25. The monoisotopic (exact) mass is 189 g/mol. The Morgan fingerprint density at radius 1 is 1.36 bits per heavy atom. The highest BCUT2D eigenvalue weighted by atomic mass is 16.5. The van der Waals surface area contributed by atoms with Gasteiger partial charge in [0.05, 0.1) is 6.61 Å². The van der Waals surface area contributed by atoms with Crippen molar-refractivity contribution >= 4 is 5.69 Å². The molecule has 1 fully saturated rings. The first-order chi connectivity index (χ1) is 6.93. The van der Waals surface area contributed by atoms with Crippen LogP contribution in [0, 0.1) is 5.92 Å². The molecule has 1 aliphatic heterocycles. The summed E-state index contributed by atoms with van der Waals surface area (Å²) in [7, 11) is 0. The van der Waals surface area contributed by atoms with Crippen molar-refractivity contribution < 1.29 is 4.74 Å². The summed E-state index contributed by atoms with van der Waals surface area (Å²) in [6.07, 6.45) is 3.82. The number of rotatable bonds is 3. The Morgan fingerprint density at radius 3 is 3.14 bits per heavy atom. The second-order valence-corrected chi connectivity index (χ2v) is 4.21. The minimum absolute atomic E-state index is 0.834. The van der Waals surface area contributed by atoms with Gasteiger partial charge in [-0.15, -0.1) is 0 Å². The van der Waals surface area contributed by atoms with Gasteiger partial charge in [0, 0.05) is 17.8 Å². The van der Waals surface area contributed by atoms with Crippen molar-refractivity contribution in [2.24, 2.45) is 5.92 Å². The summed E-state index contributed by atoms with van der Waals surface area (Å²) < 4.78 is 5.83. The van der Waals surface area contributed by atoms with Gasteiger partial charge in [-0.3, -0.25) is 0 Å². The highest BCUT2D eigenvalue weighted by molar-refractivity contribution is 5.61.